The molecule has 0 spiro atoms. The summed E-state index contributed by atoms with van der Waals surface area (Å²) in [5.74, 6) is 0.416. The van der Waals surface area contributed by atoms with Crippen LogP contribution in [0.3, 0.4) is 0 Å². The average Bonchev–Trinajstić information content (AvgIpc) is 2.30. The van der Waals surface area contributed by atoms with Gasteiger partial charge in [0.15, 0.2) is 0 Å². The number of aryl methyl sites for hydroxylation is 1. The van der Waals surface area contributed by atoms with E-state index in [1.165, 1.54) is 11.1 Å². The van der Waals surface area contributed by atoms with Gasteiger partial charge in [0.25, 0.3) is 0 Å². The molecule has 1 heterocycles. The molecule has 2 rings (SSSR count). The van der Waals surface area contributed by atoms with Gasteiger partial charge >= 0.3 is 0 Å². The Labute approximate surface area is 103 Å². The zero-order valence-electron chi connectivity index (χ0n) is 10.4. The number of benzene rings is 1. The molecular formula is C14H20N2O. The summed E-state index contributed by atoms with van der Waals surface area (Å²) in [6, 6.07) is 8.59. The minimum atomic E-state index is -0.223. The summed E-state index contributed by atoms with van der Waals surface area (Å²) in [7, 11) is 0. The van der Waals surface area contributed by atoms with Crippen LogP contribution in [-0.2, 0) is 4.79 Å². The van der Waals surface area contributed by atoms with E-state index in [0.29, 0.717) is 12.5 Å². The van der Waals surface area contributed by atoms with E-state index < -0.39 is 0 Å². The van der Waals surface area contributed by atoms with Gasteiger partial charge in [0.05, 0.1) is 6.54 Å². The third kappa shape index (κ3) is 3.07. The van der Waals surface area contributed by atoms with Crippen LogP contribution < -0.4 is 5.73 Å². The lowest BCUT2D eigenvalue weighted by Crippen LogP contribution is -2.39. The van der Waals surface area contributed by atoms with Crippen molar-refractivity contribution in [2.24, 2.45) is 5.73 Å². The summed E-state index contributed by atoms with van der Waals surface area (Å²) >= 11 is 0. The van der Waals surface area contributed by atoms with E-state index in [1.54, 1.807) is 0 Å². The fraction of sp³-hybridized carbons (Fsp3) is 0.500. The number of rotatable bonds is 3. The standard InChI is InChI=1S/C14H20N2O/c1-11-4-2-3-5-13(11)12-6-8-16(9-7-12)10-14(15)17/h2-5,12H,6-10H2,1H3,(H2,15,17). The van der Waals surface area contributed by atoms with Gasteiger partial charge in [0.1, 0.15) is 0 Å². The Bertz CT molecular complexity index is 395. The Morgan fingerprint density at radius 1 is 1.35 bits per heavy atom. The molecule has 3 heteroatoms. The average molecular weight is 232 g/mol. The third-order valence-electron chi connectivity index (χ3n) is 3.60. The van der Waals surface area contributed by atoms with Crippen LogP contribution in [0.25, 0.3) is 0 Å². The minimum absolute atomic E-state index is 0.223. The molecule has 1 aromatic rings. The van der Waals surface area contributed by atoms with Crippen LogP contribution in [0.1, 0.15) is 29.9 Å². The molecule has 1 saturated heterocycles. The van der Waals surface area contributed by atoms with Crippen LogP contribution in [0.15, 0.2) is 24.3 Å². The van der Waals surface area contributed by atoms with Gasteiger partial charge in [-0.3, -0.25) is 9.69 Å². The van der Waals surface area contributed by atoms with Crippen molar-refractivity contribution in [3.8, 4) is 0 Å². The highest BCUT2D eigenvalue weighted by atomic mass is 16.1. The van der Waals surface area contributed by atoms with Gasteiger partial charge in [0.2, 0.25) is 5.91 Å². The van der Waals surface area contributed by atoms with E-state index in [9.17, 15) is 4.79 Å². The summed E-state index contributed by atoms with van der Waals surface area (Å²) in [4.78, 5) is 13.0. The van der Waals surface area contributed by atoms with Crippen molar-refractivity contribution < 1.29 is 4.79 Å². The third-order valence-corrected chi connectivity index (χ3v) is 3.60. The summed E-state index contributed by atoms with van der Waals surface area (Å²) in [6.45, 7) is 4.52. The topological polar surface area (TPSA) is 46.3 Å². The quantitative estimate of drug-likeness (QED) is 0.861. The van der Waals surface area contributed by atoms with Gasteiger partial charge in [-0.2, -0.15) is 0 Å². The second-order valence-electron chi connectivity index (χ2n) is 4.87. The smallest absolute Gasteiger partial charge is 0.231 e. The Hall–Kier alpha value is -1.35. The van der Waals surface area contributed by atoms with Crippen molar-refractivity contribution in [3.63, 3.8) is 0 Å². The maximum Gasteiger partial charge on any atom is 0.231 e. The van der Waals surface area contributed by atoms with Gasteiger partial charge in [0, 0.05) is 0 Å². The Morgan fingerprint density at radius 2 is 2.00 bits per heavy atom. The van der Waals surface area contributed by atoms with Crippen LogP contribution in [0.2, 0.25) is 0 Å². The predicted molar refractivity (Wildman–Crippen MR) is 68.8 cm³/mol. The number of hydrogen-bond donors (Lipinski definition) is 1. The number of nitrogens with zero attached hydrogens (tertiary/aromatic N) is 1. The lowest BCUT2D eigenvalue weighted by atomic mass is 9.87. The van der Waals surface area contributed by atoms with E-state index in [0.717, 1.165) is 25.9 Å². The van der Waals surface area contributed by atoms with Crippen LogP contribution in [-0.4, -0.2) is 30.4 Å². The first-order valence-electron chi connectivity index (χ1n) is 6.23. The van der Waals surface area contributed by atoms with Crippen molar-refractivity contribution in [1.29, 1.82) is 0 Å². The van der Waals surface area contributed by atoms with Crippen molar-refractivity contribution >= 4 is 5.91 Å². The molecule has 1 fully saturated rings. The van der Waals surface area contributed by atoms with Crippen LogP contribution in [0.5, 0.6) is 0 Å². The van der Waals surface area contributed by atoms with Crippen molar-refractivity contribution in [3.05, 3.63) is 35.4 Å². The molecule has 0 radical (unpaired) electrons. The first kappa shape index (κ1) is 12.1. The molecule has 0 aromatic heterocycles. The van der Waals surface area contributed by atoms with E-state index in [4.69, 9.17) is 5.73 Å². The molecule has 1 aliphatic heterocycles. The van der Waals surface area contributed by atoms with Gasteiger partial charge in [-0.1, -0.05) is 24.3 Å². The van der Waals surface area contributed by atoms with Gasteiger partial charge < -0.3 is 5.73 Å². The number of carbonyl (C=O) groups is 1. The highest BCUT2D eigenvalue weighted by Gasteiger charge is 2.22. The molecule has 1 aromatic carbocycles. The van der Waals surface area contributed by atoms with Gasteiger partial charge in [-0.25, -0.2) is 0 Å². The van der Waals surface area contributed by atoms with E-state index in [2.05, 4.69) is 36.1 Å². The van der Waals surface area contributed by atoms with Crippen molar-refractivity contribution in [1.82, 2.24) is 4.90 Å². The molecule has 0 unspecified atom stereocenters. The van der Waals surface area contributed by atoms with Gasteiger partial charge in [-0.05, 0) is 49.9 Å². The van der Waals surface area contributed by atoms with Crippen LogP contribution in [0.4, 0.5) is 0 Å². The lowest BCUT2D eigenvalue weighted by Gasteiger charge is -2.31. The summed E-state index contributed by atoms with van der Waals surface area (Å²) in [5, 5.41) is 0. The van der Waals surface area contributed by atoms with Crippen LogP contribution >= 0.6 is 0 Å². The molecular weight excluding hydrogens is 212 g/mol. The monoisotopic (exact) mass is 232 g/mol. The molecule has 0 atom stereocenters. The van der Waals surface area contributed by atoms with E-state index >= 15 is 0 Å². The number of hydrogen-bond acceptors (Lipinski definition) is 2. The maximum atomic E-state index is 10.9. The molecule has 1 aliphatic rings. The molecule has 17 heavy (non-hydrogen) atoms. The predicted octanol–water partition coefficient (Wildman–Crippen LogP) is 1.66. The summed E-state index contributed by atoms with van der Waals surface area (Å²) < 4.78 is 0. The number of carbonyl (C=O) groups excluding carboxylic acids is 1. The Kier molecular flexibility index (Phi) is 3.79. The highest BCUT2D eigenvalue weighted by Crippen LogP contribution is 2.29. The summed E-state index contributed by atoms with van der Waals surface area (Å²) in [6.07, 6.45) is 2.25. The SMILES string of the molecule is Cc1ccccc1C1CCN(CC(N)=O)CC1. The highest BCUT2D eigenvalue weighted by molar-refractivity contribution is 5.75. The van der Waals surface area contributed by atoms with Crippen LogP contribution in [0, 0.1) is 6.92 Å². The number of piperidine rings is 1. The summed E-state index contributed by atoms with van der Waals surface area (Å²) in [5.41, 5.74) is 8.05. The van der Waals surface area contributed by atoms with Crippen molar-refractivity contribution in [2.75, 3.05) is 19.6 Å². The van der Waals surface area contributed by atoms with Gasteiger partial charge in [-0.15, -0.1) is 0 Å². The van der Waals surface area contributed by atoms with E-state index in [1.807, 2.05) is 0 Å². The Balaban J connectivity index is 1.95. The Morgan fingerprint density at radius 3 is 2.59 bits per heavy atom. The fourth-order valence-electron chi connectivity index (χ4n) is 2.67. The van der Waals surface area contributed by atoms with E-state index in [-0.39, 0.29) is 5.91 Å². The first-order valence-corrected chi connectivity index (χ1v) is 6.23. The number of primary amides is 1. The first-order chi connectivity index (χ1) is 8.16. The minimum Gasteiger partial charge on any atom is -0.369 e. The lowest BCUT2D eigenvalue weighted by molar-refractivity contribution is -0.119. The normalized spacial score (nSPS) is 18.2. The second-order valence-corrected chi connectivity index (χ2v) is 4.87. The molecule has 0 aliphatic carbocycles. The largest absolute Gasteiger partial charge is 0.369 e. The molecule has 92 valence electrons. The maximum absolute atomic E-state index is 10.9. The molecule has 0 bridgehead atoms. The number of amides is 1. The molecule has 1 amide bonds. The van der Waals surface area contributed by atoms with Crippen molar-refractivity contribution in [2.45, 2.75) is 25.7 Å². The fourth-order valence-corrected chi connectivity index (χ4v) is 2.67. The number of likely N-dealkylation sites (tertiary alicyclic amines) is 1. The zero-order valence-corrected chi connectivity index (χ0v) is 10.4. The molecule has 2 N–H and O–H groups in total. The second kappa shape index (κ2) is 5.32. The molecule has 3 nitrogen and oxygen atoms in total. The molecule has 0 saturated carbocycles. The number of nitrogens with two attached hydrogens (primary N) is 1. The zero-order chi connectivity index (χ0) is 12.3.